The summed E-state index contributed by atoms with van der Waals surface area (Å²) in [5, 5.41) is 4.39. The third-order valence-corrected chi connectivity index (χ3v) is 4.93. The third kappa shape index (κ3) is 4.65. The van der Waals surface area contributed by atoms with Gasteiger partial charge in [-0.1, -0.05) is 55.8 Å². The van der Waals surface area contributed by atoms with E-state index in [0.29, 0.717) is 17.1 Å². The zero-order valence-corrected chi connectivity index (χ0v) is 16.5. The van der Waals surface area contributed by atoms with E-state index >= 15 is 0 Å². The Kier molecular flexibility index (Phi) is 6.43. The number of nitrogens with one attached hydrogen (secondary N) is 1. The standard InChI is InChI=1S/C22H24ClN3O/c1-3-26(4-2)13-12-24-22(27)19-15-21(16-8-6-5-7-9-16)25-20-11-10-17(23)14-18(19)20/h5-11,14-15H,3-4,12-13H2,1-2H3,(H,24,27). The summed E-state index contributed by atoms with van der Waals surface area (Å²) in [7, 11) is 0. The number of likely N-dealkylation sites (N-methyl/N-ethyl adjacent to an activating group) is 1. The van der Waals surface area contributed by atoms with E-state index in [2.05, 4.69) is 24.1 Å². The van der Waals surface area contributed by atoms with Gasteiger partial charge in [0.2, 0.25) is 0 Å². The van der Waals surface area contributed by atoms with Crippen LogP contribution in [0.5, 0.6) is 0 Å². The normalized spacial score (nSPS) is 11.1. The number of hydrogen-bond donors (Lipinski definition) is 1. The molecule has 27 heavy (non-hydrogen) atoms. The molecule has 0 unspecified atom stereocenters. The summed E-state index contributed by atoms with van der Waals surface area (Å²) >= 11 is 6.17. The summed E-state index contributed by atoms with van der Waals surface area (Å²) in [4.78, 5) is 19.9. The molecule has 1 N–H and O–H groups in total. The zero-order valence-electron chi connectivity index (χ0n) is 15.7. The highest BCUT2D eigenvalue weighted by molar-refractivity contribution is 6.31. The lowest BCUT2D eigenvalue weighted by molar-refractivity contribution is 0.0950. The summed E-state index contributed by atoms with van der Waals surface area (Å²) in [6.07, 6.45) is 0. The quantitative estimate of drug-likeness (QED) is 0.649. The van der Waals surface area contributed by atoms with Crippen LogP contribution in [0.1, 0.15) is 24.2 Å². The van der Waals surface area contributed by atoms with E-state index in [9.17, 15) is 4.79 Å². The second kappa shape index (κ2) is 8.98. The van der Waals surface area contributed by atoms with Gasteiger partial charge < -0.3 is 10.2 Å². The summed E-state index contributed by atoms with van der Waals surface area (Å²) < 4.78 is 0. The van der Waals surface area contributed by atoms with E-state index in [1.54, 1.807) is 12.1 Å². The van der Waals surface area contributed by atoms with Gasteiger partial charge in [-0.05, 0) is 37.4 Å². The average molecular weight is 382 g/mol. The summed E-state index contributed by atoms with van der Waals surface area (Å²) in [6.45, 7) is 7.61. The minimum atomic E-state index is -0.103. The van der Waals surface area contributed by atoms with E-state index in [1.807, 2.05) is 42.5 Å². The van der Waals surface area contributed by atoms with Gasteiger partial charge in [0.1, 0.15) is 0 Å². The van der Waals surface area contributed by atoms with Gasteiger partial charge in [-0.15, -0.1) is 0 Å². The van der Waals surface area contributed by atoms with Crippen LogP contribution in [0.4, 0.5) is 0 Å². The Morgan fingerprint density at radius 3 is 2.52 bits per heavy atom. The molecular weight excluding hydrogens is 358 g/mol. The minimum absolute atomic E-state index is 0.103. The maximum Gasteiger partial charge on any atom is 0.252 e. The van der Waals surface area contributed by atoms with Crippen LogP contribution in [0.2, 0.25) is 5.02 Å². The van der Waals surface area contributed by atoms with Crippen LogP contribution in [-0.2, 0) is 0 Å². The average Bonchev–Trinajstić information content (AvgIpc) is 2.71. The molecule has 0 aliphatic rings. The van der Waals surface area contributed by atoms with Gasteiger partial charge in [-0.3, -0.25) is 4.79 Å². The van der Waals surface area contributed by atoms with Gasteiger partial charge in [-0.25, -0.2) is 4.98 Å². The molecule has 2 aromatic carbocycles. The molecule has 0 spiro atoms. The molecule has 1 amide bonds. The summed E-state index contributed by atoms with van der Waals surface area (Å²) in [5.41, 5.74) is 3.11. The van der Waals surface area contributed by atoms with Gasteiger partial charge in [0, 0.05) is 29.1 Å². The Balaban J connectivity index is 1.94. The third-order valence-electron chi connectivity index (χ3n) is 4.69. The molecule has 3 rings (SSSR count). The van der Waals surface area contributed by atoms with E-state index in [4.69, 9.17) is 16.6 Å². The molecule has 3 aromatic rings. The highest BCUT2D eigenvalue weighted by atomic mass is 35.5. The van der Waals surface area contributed by atoms with Crippen molar-refractivity contribution in [3.63, 3.8) is 0 Å². The predicted molar refractivity (Wildman–Crippen MR) is 112 cm³/mol. The van der Waals surface area contributed by atoms with Crippen molar-refractivity contribution >= 4 is 28.4 Å². The van der Waals surface area contributed by atoms with Crippen molar-refractivity contribution < 1.29 is 4.79 Å². The van der Waals surface area contributed by atoms with Crippen LogP contribution in [0.25, 0.3) is 22.2 Å². The van der Waals surface area contributed by atoms with Crippen LogP contribution in [-0.4, -0.2) is 42.0 Å². The predicted octanol–water partition coefficient (Wildman–Crippen LogP) is 4.63. The number of halogens is 1. The SMILES string of the molecule is CCN(CC)CCNC(=O)c1cc(-c2ccccc2)nc2ccc(Cl)cc12. The number of rotatable bonds is 7. The molecule has 0 atom stereocenters. The fourth-order valence-corrected chi connectivity index (χ4v) is 3.28. The molecule has 5 heteroatoms. The molecular formula is C22H24ClN3O. The van der Waals surface area contributed by atoms with Crippen molar-refractivity contribution in [3.8, 4) is 11.3 Å². The number of nitrogens with zero attached hydrogens (tertiary/aromatic N) is 2. The molecule has 140 valence electrons. The molecule has 0 saturated heterocycles. The van der Waals surface area contributed by atoms with Gasteiger partial charge in [0.25, 0.3) is 5.91 Å². The van der Waals surface area contributed by atoms with Gasteiger partial charge in [0.05, 0.1) is 16.8 Å². The number of hydrogen-bond acceptors (Lipinski definition) is 3. The van der Waals surface area contributed by atoms with Crippen molar-refractivity contribution in [1.29, 1.82) is 0 Å². The van der Waals surface area contributed by atoms with Crippen LogP contribution in [0.3, 0.4) is 0 Å². The lowest BCUT2D eigenvalue weighted by atomic mass is 10.0. The number of carbonyl (C=O) groups is 1. The zero-order chi connectivity index (χ0) is 19.2. The van der Waals surface area contributed by atoms with Crippen molar-refractivity contribution in [2.75, 3.05) is 26.2 Å². The first-order valence-corrected chi connectivity index (χ1v) is 9.66. The Morgan fingerprint density at radius 2 is 1.81 bits per heavy atom. The lowest BCUT2D eigenvalue weighted by Gasteiger charge is -2.18. The molecule has 0 aliphatic heterocycles. The molecule has 0 saturated carbocycles. The largest absolute Gasteiger partial charge is 0.351 e. The number of amides is 1. The summed E-state index contributed by atoms with van der Waals surface area (Å²) in [6, 6.07) is 17.2. The van der Waals surface area contributed by atoms with E-state index in [1.165, 1.54) is 0 Å². The first kappa shape index (κ1) is 19.3. The number of fused-ring (bicyclic) bond motifs is 1. The van der Waals surface area contributed by atoms with E-state index in [-0.39, 0.29) is 5.91 Å². The monoisotopic (exact) mass is 381 g/mol. The second-order valence-electron chi connectivity index (χ2n) is 6.37. The minimum Gasteiger partial charge on any atom is -0.351 e. The Morgan fingerprint density at radius 1 is 1.07 bits per heavy atom. The molecule has 1 aromatic heterocycles. The molecule has 0 bridgehead atoms. The highest BCUT2D eigenvalue weighted by Gasteiger charge is 2.14. The molecule has 0 radical (unpaired) electrons. The molecule has 0 fully saturated rings. The Hall–Kier alpha value is -2.43. The van der Waals surface area contributed by atoms with E-state index in [0.717, 1.165) is 41.8 Å². The molecule has 1 heterocycles. The van der Waals surface area contributed by atoms with Crippen molar-refractivity contribution in [3.05, 3.63) is 65.2 Å². The second-order valence-corrected chi connectivity index (χ2v) is 6.80. The topological polar surface area (TPSA) is 45.2 Å². The number of carbonyl (C=O) groups excluding carboxylic acids is 1. The Labute approximate surface area is 165 Å². The molecule has 0 aliphatic carbocycles. The fourth-order valence-electron chi connectivity index (χ4n) is 3.11. The van der Waals surface area contributed by atoms with Gasteiger partial charge >= 0.3 is 0 Å². The van der Waals surface area contributed by atoms with Crippen LogP contribution < -0.4 is 5.32 Å². The first-order valence-electron chi connectivity index (χ1n) is 9.28. The fraction of sp³-hybridized carbons (Fsp3) is 0.273. The lowest BCUT2D eigenvalue weighted by Crippen LogP contribution is -2.34. The van der Waals surface area contributed by atoms with Crippen LogP contribution >= 0.6 is 11.6 Å². The van der Waals surface area contributed by atoms with Crippen LogP contribution in [0.15, 0.2) is 54.6 Å². The number of pyridine rings is 1. The molecule has 4 nitrogen and oxygen atoms in total. The number of benzene rings is 2. The van der Waals surface area contributed by atoms with Crippen molar-refractivity contribution in [1.82, 2.24) is 15.2 Å². The smallest absolute Gasteiger partial charge is 0.252 e. The summed E-state index contributed by atoms with van der Waals surface area (Å²) in [5.74, 6) is -0.103. The maximum absolute atomic E-state index is 12.9. The number of aromatic nitrogens is 1. The first-order chi connectivity index (χ1) is 13.1. The van der Waals surface area contributed by atoms with Gasteiger partial charge in [-0.2, -0.15) is 0 Å². The van der Waals surface area contributed by atoms with E-state index < -0.39 is 0 Å². The van der Waals surface area contributed by atoms with Crippen LogP contribution in [0, 0.1) is 0 Å². The highest BCUT2D eigenvalue weighted by Crippen LogP contribution is 2.27. The van der Waals surface area contributed by atoms with Gasteiger partial charge in [0.15, 0.2) is 0 Å². The maximum atomic E-state index is 12.9. The Bertz CT molecular complexity index is 923. The van der Waals surface area contributed by atoms with Crippen molar-refractivity contribution in [2.24, 2.45) is 0 Å². The van der Waals surface area contributed by atoms with Crippen molar-refractivity contribution in [2.45, 2.75) is 13.8 Å².